The Morgan fingerprint density at radius 2 is 2.00 bits per heavy atom. The van der Waals surface area contributed by atoms with Gasteiger partial charge in [0.2, 0.25) is 0 Å². The zero-order valence-corrected chi connectivity index (χ0v) is 8.74. The first kappa shape index (κ1) is 10.3. The van der Waals surface area contributed by atoms with Crippen molar-refractivity contribution in [2.45, 2.75) is 0 Å². The largest absolute Gasteiger partial charge is 1.00 e. The second-order valence-electron chi connectivity index (χ2n) is 1.54. The molecule has 0 fully saturated rings. The van der Waals surface area contributed by atoms with Crippen molar-refractivity contribution in [2.75, 3.05) is 0 Å². The maximum atomic E-state index is 10.2. The van der Waals surface area contributed by atoms with Gasteiger partial charge in [0.1, 0.15) is 0 Å². The van der Waals surface area contributed by atoms with Crippen molar-refractivity contribution in [1.29, 1.82) is 0 Å². The van der Waals surface area contributed by atoms with Crippen LogP contribution in [0.3, 0.4) is 0 Å². The molecule has 1 heterocycles. The average molecular weight is 163 g/mol. The summed E-state index contributed by atoms with van der Waals surface area (Å²) >= 11 is 0. The van der Waals surface area contributed by atoms with Gasteiger partial charge >= 0.3 is 57.4 Å². The molecule has 0 saturated carbocycles. The van der Waals surface area contributed by atoms with Crippen LogP contribution in [0.15, 0.2) is 24.5 Å². The Kier molecular flexibility index (Phi) is 5.11. The second-order valence-corrected chi connectivity index (χ2v) is 1.54. The predicted octanol–water partition coefficient (Wildman–Crippen LogP) is -2.10. The van der Waals surface area contributed by atoms with Crippen LogP contribution in [-0.2, 0) is 0 Å². The molecule has 0 saturated heterocycles. The average Bonchev–Trinajstić information content (AvgIpc) is 1.90. The SMILES string of the molecule is O=C(O)c1ccncc1.[H-].[K+]. The number of hydrogen-bond donors (Lipinski definition) is 1. The molecular formula is C6H6KNO2. The van der Waals surface area contributed by atoms with Gasteiger partial charge in [-0.05, 0) is 12.1 Å². The summed E-state index contributed by atoms with van der Waals surface area (Å²) in [5.74, 6) is -0.919. The molecule has 1 aromatic rings. The van der Waals surface area contributed by atoms with Gasteiger partial charge in [-0.25, -0.2) is 4.79 Å². The van der Waals surface area contributed by atoms with E-state index in [0.717, 1.165) is 0 Å². The second kappa shape index (κ2) is 4.98. The summed E-state index contributed by atoms with van der Waals surface area (Å²) in [5, 5.41) is 8.36. The Hall–Kier alpha value is 0.256. The van der Waals surface area contributed by atoms with Crippen LogP contribution in [0.2, 0.25) is 0 Å². The molecule has 4 heteroatoms. The molecule has 3 nitrogen and oxygen atoms in total. The summed E-state index contributed by atoms with van der Waals surface area (Å²) in [5.41, 5.74) is 0.269. The normalized spacial score (nSPS) is 8.00. The number of nitrogens with zero attached hydrogens (tertiary/aromatic N) is 1. The van der Waals surface area contributed by atoms with E-state index in [2.05, 4.69) is 4.98 Å². The summed E-state index contributed by atoms with van der Waals surface area (Å²) in [6, 6.07) is 2.89. The Labute approximate surface area is 102 Å². The van der Waals surface area contributed by atoms with E-state index >= 15 is 0 Å². The third-order valence-electron chi connectivity index (χ3n) is 0.927. The van der Waals surface area contributed by atoms with Crippen LogP contribution in [0.25, 0.3) is 0 Å². The van der Waals surface area contributed by atoms with Crippen LogP contribution in [0.1, 0.15) is 11.8 Å². The van der Waals surface area contributed by atoms with E-state index in [-0.39, 0.29) is 58.4 Å². The van der Waals surface area contributed by atoms with Gasteiger partial charge in [0.05, 0.1) is 5.56 Å². The van der Waals surface area contributed by atoms with E-state index in [1.54, 1.807) is 0 Å². The van der Waals surface area contributed by atoms with Crippen LogP contribution in [-0.4, -0.2) is 16.1 Å². The molecule has 0 bridgehead atoms. The van der Waals surface area contributed by atoms with Crippen LogP contribution in [0.5, 0.6) is 0 Å². The van der Waals surface area contributed by atoms with Crippen molar-refractivity contribution in [3.63, 3.8) is 0 Å². The fourth-order valence-electron chi connectivity index (χ4n) is 0.494. The van der Waals surface area contributed by atoms with Gasteiger partial charge in [0.15, 0.2) is 0 Å². The zero-order chi connectivity index (χ0) is 6.69. The van der Waals surface area contributed by atoms with E-state index < -0.39 is 5.97 Å². The number of aromatic carboxylic acids is 1. The van der Waals surface area contributed by atoms with E-state index in [4.69, 9.17) is 5.11 Å². The summed E-state index contributed by atoms with van der Waals surface area (Å²) in [7, 11) is 0. The number of hydrogen-bond acceptors (Lipinski definition) is 2. The quantitative estimate of drug-likeness (QED) is 0.482. The maximum absolute atomic E-state index is 10.2. The van der Waals surface area contributed by atoms with E-state index in [1.807, 2.05) is 0 Å². The number of carbonyl (C=O) groups is 1. The minimum Gasteiger partial charge on any atom is -1.00 e. The number of aromatic nitrogens is 1. The standard InChI is InChI=1S/C6H5NO2.K.H/c8-6(9)5-1-3-7-4-2-5;;/h1-4H,(H,8,9);;/q;+1;-1. The molecule has 48 valence electrons. The van der Waals surface area contributed by atoms with Crippen molar-refractivity contribution in [3.8, 4) is 0 Å². The van der Waals surface area contributed by atoms with Crippen LogP contribution in [0.4, 0.5) is 0 Å². The van der Waals surface area contributed by atoms with Gasteiger partial charge < -0.3 is 6.53 Å². The van der Waals surface area contributed by atoms with Gasteiger partial charge in [0, 0.05) is 12.4 Å². The molecule has 1 rings (SSSR count). The van der Waals surface area contributed by atoms with Crippen molar-refractivity contribution < 1.29 is 62.7 Å². The summed E-state index contributed by atoms with van der Waals surface area (Å²) in [6.45, 7) is 0. The van der Waals surface area contributed by atoms with Gasteiger partial charge in [-0.2, -0.15) is 0 Å². The first-order valence-corrected chi connectivity index (χ1v) is 2.44. The predicted molar refractivity (Wildman–Crippen MR) is 32.3 cm³/mol. The molecule has 0 radical (unpaired) electrons. The number of carboxylic acids is 1. The molecule has 0 amide bonds. The summed E-state index contributed by atoms with van der Waals surface area (Å²) in [4.78, 5) is 13.8. The van der Waals surface area contributed by atoms with E-state index in [0.29, 0.717) is 0 Å². The van der Waals surface area contributed by atoms with Crippen LogP contribution >= 0.6 is 0 Å². The van der Waals surface area contributed by atoms with E-state index in [9.17, 15) is 4.79 Å². The third-order valence-corrected chi connectivity index (χ3v) is 0.927. The van der Waals surface area contributed by atoms with Crippen molar-refractivity contribution >= 4 is 5.97 Å². The number of rotatable bonds is 1. The molecule has 0 aliphatic rings. The Morgan fingerprint density at radius 1 is 1.50 bits per heavy atom. The summed E-state index contributed by atoms with van der Waals surface area (Å²) in [6.07, 6.45) is 2.90. The molecule has 0 aromatic carbocycles. The molecule has 10 heavy (non-hydrogen) atoms. The van der Waals surface area contributed by atoms with Crippen molar-refractivity contribution in [3.05, 3.63) is 30.1 Å². The molecule has 0 aliphatic heterocycles. The monoisotopic (exact) mass is 163 g/mol. The first-order chi connectivity index (χ1) is 4.30. The van der Waals surface area contributed by atoms with Gasteiger partial charge in [-0.1, -0.05) is 0 Å². The molecule has 0 aliphatic carbocycles. The minimum atomic E-state index is -0.919. The Balaban J connectivity index is 0. The smallest absolute Gasteiger partial charge is 1.00 e. The van der Waals surface area contributed by atoms with Crippen molar-refractivity contribution in [1.82, 2.24) is 4.98 Å². The number of pyridine rings is 1. The molecule has 0 spiro atoms. The third kappa shape index (κ3) is 2.89. The first-order valence-electron chi connectivity index (χ1n) is 2.44. The molecular weight excluding hydrogens is 157 g/mol. The Bertz CT molecular complexity index is 217. The molecule has 1 N–H and O–H groups in total. The van der Waals surface area contributed by atoms with Crippen molar-refractivity contribution in [2.24, 2.45) is 0 Å². The summed E-state index contributed by atoms with van der Waals surface area (Å²) < 4.78 is 0. The van der Waals surface area contributed by atoms with Gasteiger partial charge in [-0.3, -0.25) is 4.98 Å². The molecule has 1 aromatic heterocycles. The minimum absolute atomic E-state index is 0. The molecule has 0 atom stereocenters. The fraction of sp³-hybridized carbons (Fsp3) is 0. The van der Waals surface area contributed by atoms with Gasteiger partial charge in [0.25, 0.3) is 0 Å². The Morgan fingerprint density at radius 3 is 2.30 bits per heavy atom. The zero-order valence-electron chi connectivity index (χ0n) is 6.61. The van der Waals surface area contributed by atoms with E-state index in [1.165, 1.54) is 24.5 Å². The van der Waals surface area contributed by atoms with Crippen LogP contribution < -0.4 is 51.4 Å². The molecule has 0 unspecified atom stereocenters. The number of carboxylic acid groups (broad SMARTS) is 1. The fourth-order valence-corrected chi connectivity index (χ4v) is 0.494. The topological polar surface area (TPSA) is 50.2 Å². The maximum Gasteiger partial charge on any atom is 1.00 e. The van der Waals surface area contributed by atoms with Gasteiger partial charge in [-0.15, -0.1) is 0 Å². The van der Waals surface area contributed by atoms with Crippen LogP contribution in [0, 0.1) is 0 Å².